The topological polar surface area (TPSA) is 38.2 Å². The van der Waals surface area contributed by atoms with E-state index in [1.165, 1.54) is 17.9 Å². The Kier molecular flexibility index (Phi) is 4.27. The number of hydrogen-bond donors (Lipinski definition) is 0. The lowest BCUT2D eigenvalue weighted by molar-refractivity contribution is 0.326. The zero-order chi connectivity index (χ0) is 11.2. The van der Waals surface area contributed by atoms with Crippen LogP contribution in [0, 0.1) is 0 Å². The van der Waals surface area contributed by atoms with Gasteiger partial charge < -0.3 is 9.64 Å². The third kappa shape index (κ3) is 3.01. The fourth-order valence-corrected chi connectivity index (χ4v) is 2.59. The average molecular weight is 239 g/mol. The number of anilines is 1. The summed E-state index contributed by atoms with van der Waals surface area (Å²) in [5.41, 5.74) is 0. The molecule has 0 unspecified atom stereocenters. The summed E-state index contributed by atoms with van der Waals surface area (Å²) < 4.78 is 5.39. The first-order valence-electron chi connectivity index (χ1n) is 5.67. The molecule has 16 heavy (non-hydrogen) atoms. The Hall–Kier alpha value is -0.970. The second-order valence-electron chi connectivity index (χ2n) is 3.60. The Morgan fingerprint density at radius 1 is 1.38 bits per heavy atom. The highest BCUT2D eigenvalue weighted by molar-refractivity contribution is 7.99. The number of nitrogens with zero attached hydrogens (tertiary/aromatic N) is 3. The maximum atomic E-state index is 5.39. The molecule has 0 spiro atoms. The van der Waals surface area contributed by atoms with Crippen LogP contribution in [0.2, 0.25) is 0 Å². The van der Waals surface area contributed by atoms with Crippen LogP contribution in [0.5, 0.6) is 5.88 Å². The van der Waals surface area contributed by atoms with E-state index in [4.69, 9.17) is 4.74 Å². The molecule has 1 aromatic rings. The number of thioether (sulfide) groups is 1. The summed E-state index contributed by atoms with van der Waals surface area (Å²) in [5, 5.41) is 0. The normalized spacial score (nSPS) is 16.9. The van der Waals surface area contributed by atoms with Crippen LogP contribution in [-0.2, 0) is 0 Å². The number of hydrogen-bond acceptors (Lipinski definition) is 5. The van der Waals surface area contributed by atoms with Gasteiger partial charge in [0.2, 0.25) is 5.88 Å². The zero-order valence-corrected chi connectivity index (χ0v) is 10.4. The summed E-state index contributed by atoms with van der Waals surface area (Å²) in [5.74, 6) is 4.08. The first kappa shape index (κ1) is 11.5. The molecule has 0 aliphatic carbocycles. The molecule has 4 nitrogen and oxygen atoms in total. The minimum atomic E-state index is 0.645. The molecule has 1 saturated heterocycles. The molecule has 1 fully saturated rings. The van der Waals surface area contributed by atoms with E-state index in [0.29, 0.717) is 12.5 Å². The van der Waals surface area contributed by atoms with Crippen molar-refractivity contribution in [3.63, 3.8) is 0 Å². The van der Waals surface area contributed by atoms with Crippen molar-refractivity contribution in [1.29, 1.82) is 0 Å². The molecule has 1 aromatic heterocycles. The molecule has 0 atom stereocenters. The Labute approximate surface area is 100 Å². The molecule has 1 aliphatic heterocycles. The summed E-state index contributed by atoms with van der Waals surface area (Å²) in [6.07, 6.45) is 2.80. The van der Waals surface area contributed by atoms with E-state index in [1.54, 1.807) is 6.33 Å². The minimum Gasteiger partial charge on any atom is -0.478 e. The van der Waals surface area contributed by atoms with E-state index in [1.807, 2.05) is 24.8 Å². The van der Waals surface area contributed by atoms with Crippen LogP contribution in [0.25, 0.3) is 0 Å². The third-order valence-electron chi connectivity index (χ3n) is 2.47. The zero-order valence-electron chi connectivity index (χ0n) is 9.56. The van der Waals surface area contributed by atoms with E-state index in [-0.39, 0.29) is 0 Å². The van der Waals surface area contributed by atoms with Gasteiger partial charge in [-0.05, 0) is 19.1 Å². The average Bonchev–Trinajstić information content (AvgIpc) is 2.58. The van der Waals surface area contributed by atoms with Crippen LogP contribution in [0.1, 0.15) is 13.3 Å². The highest BCUT2D eigenvalue weighted by Crippen LogP contribution is 2.19. The first-order chi connectivity index (χ1) is 7.90. The van der Waals surface area contributed by atoms with E-state index >= 15 is 0 Å². The molecule has 0 N–H and O–H groups in total. The quantitative estimate of drug-likeness (QED) is 0.804. The molecule has 0 amide bonds. The number of ether oxygens (including phenoxy) is 1. The molecule has 0 radical (unpaired) electrons. The van der Waals surface area contributed by atoms with Crippen molar-refractivity contribution in [2.75, 3.05) is 36.1 Å². The van der Waals surface area contributed by atoms with Gasteiger partial charge in [-0.3, -0.25) is 0 Å². The van der Waals surface area contributed by atoms with Crippen LogP contribution in [0.3, 0.4) is 0 Å². The second-order valence-corrected chi connectivity index (χ2v) is 4.83. The van der Waals surface area contributed by atoms with E-state index in [2.05, 4.69) is 14.9 Å². The van der Waals surface area contributed by atoms with Crippen LogP contribution in [0.15, 0.2) is 12.4 Å². The van der Waals surface area contributed by atoms with Crippen molar-refractivity contribution in [3.05, 3.63) is 12.4 Å². The first-order valence-corrected chi connectivity index (χ1v) is 6.83. The van der Waals surface area contributed by atoms with Gasteiger partial charge in [0, 0.05) is 24.9 Å². The lowest BCUT2D eigenvalue weighted by atomic mass is 10.4. The highest BCUT2D eigenvalue weighted by atomic mass is 32.2. The van der Waals surface area contributed by atoms with Crippen molar-refractivity contribution in [3.8, 4) is 5.88 Å². The standard InChI is InChI=1S/C11H17N3OS/c1-2-15-11-8-10(12-9-13-11)14-4-3-6-16-7-5-14/h8-9H,2-7H2,1H3. The van der Waals surface area contributed by atoms with E-state index < -0.39 is 0 Å². The van der Waals surface area contributed by atoms with Crippen LogP contribution in [-0.4, -0.2) is 41.2 Å². The van der Waals surface area contributed by atoms with Gasteiger partial charge in [-0.1, -0.05) is 0 Å². The van der Waals surface area contributed by atoms with Crippen molar-refractivity contribution >= 4 is 17.6 Å². The van der Waals surface area contributed by atoms with Crippen molar-refractivity contribution in [1.82, 2.24) is 9.97 Å². The van der Waals surface area contributed by atoms with Gasteiger partial charge in [0.1, 0.15) is 12.1 Å². The van der Waals surface area contributed by atoms with Crippen molar-refractivity contribution in [2.45, 2.75) is 13.3 Å². The molecule has 0 saturated carbocycles. The molecule has 2 rings (SSSR count). The summed E-state index contributed by atoms with van der Waals surface area (Å²) in [4.78, 5) is 10.7. The summed E-state index contributed by atoms with van der Waals surface area (Å²) in [6, 6.07) is 1.93. The number of aromatic nitrogens is 2. The lowest BCUT2D eigenvalue weighted by Gasteiger charge is -2.20. The van der Waals surface area contributed by atoms with Gasteiger partial charge in [-0.15, -0.1) is 0 Å². The predicted molar refractivity (Wildman–Crippen MR) is 67.4 cm³/mol. The molecular weight excluding hydrogens is 222 g/mol. The third-order valence-corrected chi connectivity index (χ3v) is 3.51. The van der Waals surface area contributed by atoms with Gasteiger partial charge >= 0.3 is 0 Å². The maximum absolute atomic E-state index is 5.39. The SMILES string of the molecule is CCOc1cc(N2CCCSCC2)ncn1. The van der Waals surface area contributed by atoms with Gasteiger partial charge in [0.25, 0.3) is 0 Å². The molecular formula is C11H17N3OS. The van der Waals surface area contributed by atoms with Crippen molar-refractivity contribution in [2.24, 2.45) is 0 Å². The van der Waals surface area contributed by atoms with Gasteiger partial charge in [-0.2, -0.15) is 11.8 Å². The molecule has 2 heterocycles. The van der Waals surface area contributed by atoms with E-state index in [9.17, 15) is 0 Å². The van der Waals surface area contributed by atoms with Crippen LogP contribution >= 0.6 is 11.8 Å². The van der Waals surface area contributed by atoms with Gasteiger partial charge in [-0.25, -0.2) is 9.97 Å². The minimum absolute atomic E-state index is 0.645. The Morgan fingerprint density at radius 3 is 3.19 bits per heavy atom. The molecule has 88 valence electrons. The lowest BCUT2D eigenvalue weighted by Crippen LogP contribution is -2.26. The van der Waals surface area contributed by atoms with E-state index in [0.717, 1.165) is 18.9 Å². The fraction of sp³-hybridized carbons (Fsp3) is 0.636. The Morgan fingerprint density at radius 2 is 2.31 bits per heavy atom. The maximum Gasteiger partial charge on any atom is 0.218 e. The predicted octanol–water partition coefficient (Wildman–Crippen LogP) is 1.82. The van der Waals surface area contributed by atoms with Crippen LogP contribution in [0.4, 0.5) is 5.82 Å². The highest BCUT2D eigenvalue weighted by Gasteiger charge is 2.12. The largest absolute Gasteiger partial charge is 0.478 e. The summed E-state index contributed by atoms with van der Waals surface area (Å²) in [6.45, 7) is 4.75. The molecule has 5 heteroatoms. The van der Waals surface area contributed by atoms with Gasteiger partial charge in [0.05, 0.1) is 6.61 Å². The second kappa shape index (κ2) is 5.94. The van der Waals surface area contributed by atoms with Crippen molar-refractivity contribution < 1.29 is 4.74 Å². The van der Waals surface area contributed by atoms with Crippen LogP contribution < -0.4 is 9.64 Å². The Bertz CT molecular complexity index is 327. The molecule has 0 bridgehead atoms. The number of rotatable bonds is 3. The van der Waals surface area contributed by atoms with Gasteiger partial charge in [0.15, 0.2) is 0 Å². The summed E-state index contributed by atoms with van der Waals surface area (Å²) in [7, 11) is 0. The monoisotopic (exact) mass is 239 g/mol. The smallest absolute Gasteiger partial charge is 0.218 e. The summed E-state index contributed by atoms with van der Waals surface area (Å²) >= 11 is 2.01. The fourth-order valence-electron chi connectivity index (χ4n) is 1.70. The Balaban J connectivity index is 2.08. The molecule has 0 aromatic carbocycles. The molecule has 1 aliphatic rings.